The lowest BCUT2D eigenvalue weighted by molar-refractivity contribution is -0.132. The highest BCUT2D eigenvalue weighted by molar-refractivity contribution is 14.1. The molecule has 0 N–H and O–H groups in total. The highest BCUT2D eigenvalue weighted by atomic mass is 127. The minimum absolute atomic E-state index is 0.0249. The van der Waals surface area contributed by atoms with Gasteiger partial charge in [0.05, 0.1) is 15.5 Å². The number of nitrogens with zero attached hydrogens (tertiary/aromatic N) is 6. The second-order valence-corrected chi connectivity index (χ2v) is 9.84. The Morgan fingerprint density at radius 3 is 2.43 bits per heavy atom. The molecule has 1 amide bonds. The van der Waals surface area contributed by atoms with E-state index in [9.17, 15) is 13.2 Å². The van der Waals surface area contributed by atoms with Gasteiger partial charge in [0.15, 0.2) is 0 Å². The van der Waals surface area contributed by atoms with Crippen LogP contribution in [0.3, 0.4) is 0 Å². The number of carbonyl (C=O) groups is 1. The van der Waals surface area contributed by atoms with Gasteiger partial charge in [-0.2, -0.15) is 14.5 Å². The summed E-state index contributed by atoms with van der Waals surface area (Å²) in [6.07, 6.45) is 3.72. The van der Waals surface area contributed by atoms with Crippen molar-refractivity contribution in [1.82, 2.24) is 28.8 Å². The molecule has 1 aliphatic rings. The van der Waals surface area contributed by atoms with E-state index in [4.69, 9.17) is 0 Å². The number of hydrogen-bond donors (Lipinski definition) is 0. The van der Waals surface area contributed by atoms with E-state index < -0.39 is 10.0 Å². The SMILES string of the molecule is CCn1cc(S(=O)(=O)N2CCN(C(=O)CCn3ncc(I)c3C)CC2)c(C)n1. The van der Waals surface area contributed by atoms with Gasteiger partial charge >= 0.3 is 0 Å². The van der Waals surface area contributed by atoms with Gasteiger partial charge in [0, 0.05) is 57.6 Å². The van der Waals surface area contributed by atoms with Crippen LogP contribution in [-0.4, -0.2) is 69.3 Å². The van der Waals surface area contributed by atoms with Crippen LogP contribution in [0.15, 0.2) is 17.3 Å². The summed E-state index contributed by atoms with van der Waals surface area (Å²) in [6.45, 7) is 8.13. The van der Waals surface area contributed by atoms with Crippen LogP contribution in [0, 0.1) is 17.4 Å². The van der Waals surface area contributed by atoms with Gasteiger partial charge in [-0.3, -0.25) is 14.2 Å². The van der Waals surface area contributed by atoms with E-state index in [2.05, 4.69) is 32.8 Å². The lowest BCUT2D eigenvalue weighted by atomic mass is 10.3. The molecule has 1 saturated heterocycles. The first-order valence-electron chi connectivity index (χ1n) is 9.24. The topological polar surface area (TPSA) is 93.3 Å². The Labute approximate surface area is 178 Å². The number of aryl methyl sites for hydroxylation is 3. The van der Waals surface area contributed by atoms with Crippen molar-refractivity contribution < 1.29 is 13.2 Å². The molecule has 0 radical (unpaired) electrons. The number of rotatable bonds is 6. The Morgan fingerprint density at radius 1 is 1.21 bits per heavy atom. The van der Waals surface area contributed by atoms with Gasteiger partial charge in [-0.1, -0.05) is 0 Å². The molecule has 0 aromatic carbocycles. The number of sulfonamides is 1. The molecule has 2 aromatic heterocycles. The second kappa shape index (κ2) is 8.49. The maximum atomic E-state index is 12.9. The minimum Gasteiger partial charge on any atom is -0.340 e. The zero-order chi connectivity index (χ0) is 20.5. The highest BCUT2D eigenvalue weighted by Gasteiger charge is 2.32. The number of aromatic nitrogens is 4. The van der Waals surface area contributed by atoms with Crippen molar-refractivity contribution in [3.8, 4) is 0 Å². The van der Waals surface area contributed by atoms with Crippen LogP contribution in [0.4, 0.5) is 0 Å². The van der Waals surface area contributed by atoms with Gasteiger partial charge in [0.2, 0.25) is 15.9 Å². The molecule has 0 bridgehead atoms. The van der Waals surface area contributed by atoms with Gasteiger partial charge in [-0.15, -0.1) is 0 Å². The van der Waals surface area contributed by atoms with E-state index in [1.807, 2.05) is 18.5 Å². The molecule has 0 saturated carbocycles. The van der Waals surface area contributed by atoms with E-state index in [-0.39, 0.29) is 10.8 Å². The zero-order valence-corrected chi connectivity index (χ0v) is 19.3. The van der Waals surface area contributed by atoms with Crippen molar-refractivity contribution in [2.75, 3.05) is 26.2 Å². The van der Waals surface area contributed by atoms with E-state index in [0.29, 0.717) is 51.4 Å². The Morgan fingerprint density at radius 2 is 1.89 bits per heavy atom. The Kier molecular flexibility index (Phi) is 6.44. The highest BCUT2D eigenvalue weighted by Crippen LogP contribution is 2.21. The molecule has 0 unspecified atom stereocenters. The molecule has 1 fully saturated rings. The molecule has 0 aliphatic carbocycles. The summed E-state index contributed by atoms with van der Waals surface area (Å²) >= 11 is 2.22. The standard InChI is InChI=1S/C17H25IN6O3S/c1-4-22-12-16(13(2)20-22)28(26,27)23-9-7-21(8-10-23)17(25)5-6-24-14(3)15(18)11-19-24/h11-12H,4-10H2,1-3H3. The molecule has 9 nitrogen and oxygen atoms in total. The normalized spacial score (nSPS) is 15.9. The largest absolute Gasteiger partial charge is 0.340 e. The van der Waals surface area contributed by atoms with E-state index in [1.165, 1.54) is 4.31 Å². The van der Waals surface area contributed by atoms with Gasteiger partial charge in [-0.25, -0.2) is 8.42 Å². The van der Waals surface area contributed by atoms with Crippen LogP contribution in [0.5, 0.6) is 0 Å². The van der Waals surface area contributed by atoms with Crippen LogP contribution < -0.4 is 0 Å². The third kappa shape index (κ3) is 4.25. The maximum absolute atomic E-state index is 12.9. The van der Waals surface area contributed by atoms with E-state index in [1.54, 1.807) is 28.9 Å². The van der Waals surface area contributed by atoms with E-state index >= 15 is 0 Å². The molecule has 0 atom stereocenters. The van der Waals surface area contributed by atoms with Crippen LogP contribution in [-0.2, 0) is 27.9 Å². The minimum atomic E-state index is -3.59. The van der Waals surface area contributed by atoms with Crippen molar-refractivity contribution in [2.45, 2.75) is 45.2 Å². The predicted octanol–water partition coefficient (Wildman–Crippen LogP) is 1.24. The first-order valence-corrected chi connectivity index (χ1v) is 11.8. The van der Waals surface area contributed by atoms with Crippen molar-refractivity contribution in [3.63, 3.8) is 0 Å². The van der Waals surface area contributed by atoms with Crippen LogP contribution >= 0.6 is 22.6 Å². The maximum Gasteiger partial charge on any atom is 0.246 e. The van der Waals surface area contributed by atoms with Gasteiger partial charge in [0.1, 0.15) is 4.90 Å². The fraction of sp³-hybridized carbons (Fsp3) is 0.588. The molecule has 1 aliphatic heterocycles. The monoisotopic (exact) mass is 520 g/mol. The summed E-state index contributed by atoms with van der Waals surface area (Å²) < 4.78 is 31.8. The fourth-order valence-corrected chi connectivity index (χ4v) is 5.23. The Hall–Kier alpha value is -1.47. The molecule has 154 valence electrons. The summed E-state index contributed by atoms with van der Waals surface area (Å²) in [5.74, 6) is 0.0249. The van der Waals surface area contributed by atoms with Crippen LogP contribution in [0.25, 0.3) is 0 Å². The lowest BCUT2D eigenvalue weighted by Crippen LogP contribution is -2.50. The smallest absolute Gasteiger partial charge is 0.246 e. The van der Waals surface area contributed by atoms with Crippen LogP contribution in [0.2, 0.25) is 0 Å². The fourth-order valence-electron chi connectivity index (χ4n) is 3.24. The van der Waals surface area contributed by atoms with Crippen molar-refractivity contribution in [3.05, 3.63) is 27.4 Å². The lowest BCUT2D eigenvalue weighted by Gasteiger charge is -2.34. The quantitative estimate of drug-likeness (QED) is 0.535. The molecule has 3 rings (SSSR count). The molecule has 11 heteroatoms. The number of carbonyl (C=O) groups excluding carboxylic acids is 1. The second-order valence-electron chi connectivity index (χ2n) is 6.77. The Balaban J connectivity index is 1.58. The summed E-state index contributed by atoms with van der Waals surface area (Å²) in [7, 11) is -3.59. The first kappa shape index (κ1) is 21.2. The summed E-state index contributed by atoms with van der Waals surface area (Å²) in [5.41, 5.74) is 1.55. The molecule has 3 heterocycles. The number of hydrogen-bond acceptors (Lipinski definition) is 5. The predicted molar refractivity (Wildman–Crippen MR) is 112 cm³/mol. The van der Waals surface area contributed by atoms with Crippen molar-refractivity contribution in [2.24, 2.45) is 0 Å². The van der Waals surface area contributed by atoms with Crippen molar-refractivity contribution in [1.29, 1.82) is 0 Å². The first-order chi connectivity index (χ1) is 13.2. The van der Waals surface area contributed by atoms with Gasteiger partial charge in [0.25, 0.3) is 0 Å². The summed E-state index contributed by atoms with van der Waals surface area (Å²) in [6, 6.07) is 0. The third-order valence-corrected chi connectivity index (χ3v) is 8.08. The summed E-state index contributed by atoms with van der Waals surface area (Å²) in [5, 5.41) is 8.50. The Bertz CT molecular complexity index is 960. The summed E-state index contributed by atoms with van der Waals surface area (Å²) in [4.78, 5) is 14.5. The number of piperazine rings is 1. The molecular formula is C17H25IN6O3S. The average Bonchev–Trinajstić information content (AvgIpc) is 3.23. The third-order valence-electron chi connectivity index (χ3n) is 5.02. The molecular weight excluding hydrogens is 495 g/mol. The molecule has 0 spiro atoms. The van der Waals surface area contributed by atoms with Crippen molar-refractivity contribution >= 4 is 38.5 Å². The number of amides is 1. The van der Waals surface area contributed by atoms with Crippen LogP contribution in [0.1, 0.15) is 24.7 Å². The zero-order valence-electron chi connectivity index (χ0n) is 16.3. The average molecular weight is 520 g/mol. The van der Waals surface area contributed by atoms with Gasteiger partial charge < -0.3 is 4.90 Å². The molecule has 28 heavy (non-hydrogen) atoms. The van der Waals surface area contributed by atoms with E-state index in [0.717, 1.165) is 9.26 Å². The number of halogens is 1. The van der Waals surface area contributed by atoms with Gasteiger partial charge in [-0.05, 0) is 43.4 Å². The molecule has 2 aromatic rings.